The van der Waals surface area contributed by atoms with Crippen molar-refractivity contribution in [3.8, 4) is 5.88 Å². The fraction of sp³-hybridized carbons (Fsp3) is 0.286. The van der Waals surface area contributed by atoms with Crippen molar-refractivity contribution in [2.45, 2.75) is 13.5 Å². The molecule has 6 heteroatoms. The zero-order chi connectivity index (χ0) is 9.47. The molecule has 1 radical (unpaired) electrons. The van der Waals surface area contributed by atoms with Crippen molar-refractivity contribution in [2.75, 3.05) is 0 Å². The molecule has 71 valence electrons. The highest BCUT2D eigenvalue weighted by molar-refractivity contribution is 8.58. The summed E-state index contributed by atoms with van der Waals surface area (Å²) in [6.45, 7) is 2.39. The summed E-state index contributed by atoms with van der Waals surface area (Å²) in [6, 6.07) is 1.96. The fourth-order valence-electron chi connectivity index (χ4n) is 1.08. The van der Waals surface area contributed by atoms with E-state index in [1.165, 1.54) is 0 Å². The highest BCUT2D eigenvalue weighted by Crippen LogP contribution is 2.71. The number of halogens is 1. The zero-order valence-corrected chi connectivity index (χ0v) is 9.44. The Morgan fingerprint density at radius 2 is 2.46 bits per heavy atom. The molecule has 13 heavy (non-hydrogen) atoms. The summed E-state index contributed by atoms with van der Waals surface area (Å²) in [4.78, 5) is 4.11. The molecule has 2 rings (SSSR count). The van der Waals surface area contributed by atoms with E-state index in [0.717, 1.165) is 11.1 Å². The monoisotopic (exact) mass is 236 g/mol. The molecule has 1 aromatic rings. The van der Waals surface area contributed by atoms with E-state index in [2.05, 4.69) is 17.2 Å². The summed E-state index contributed by atoms with van der Waals surface area (Å²) in [5, 5.41) is 0. The Bertz CT molecular complexity index is 347. The van der Waals surface area contributed by atoms with Gasteiger partial charge in [0.1, 0.15) is 0 Å². The van der Waals surface area contributed by atoms with Crippen LogP contribution in [-0.4, -0.2) is 4.98 Å². The van der Waals surface area contributed by atoms with Gasteiger partial charge < -0.3 is 9.05 Å². The van der Waals surface area contributed by atoms with Crippen LogP contribution < -0.4 is 4.52 Å². The highest BCUT2D eigenvalue weighted by atomic mass is 35.7. The Morgan fingerprint density at radius 3 is 3.23 bits per heavy atom. The van der Waals surface area contributed by atoms with Gasteiger partial charge in [0.15, 0.2) is 0 Å². The molecule has 0 aliphatic carbocycles. The normalized spacial score (nSPS) is 26.4. The van der Waals surface area contributed by atoms with Crippen LogP contribution in [0.1, 0.15) is 11.1 Å². The Hall–Kier alpha value is -0.0200. The lowest BCUT2D eigenvalue weighted by molar-refractivity contribution is 0.279. The van der Waals surface area contributed by atoms with Gasteiger partial charge in [-0.25, -0.2) is 4.98 Å². The van der Waals surface area contributed by atoms with Gasteiger partial charge in [-0.3, -0.25) is 0 Å². The minimum absolute atomic E-state index is 0.421. The fourth-order valence-corrected chi connectivity index (χ4v) is 2.56. The molecule has 1 atom stereocenters. The standard InChI is InChI=1S/C7H8ClNO2PS/c1-5-2-6-4-10-12(8,13)11-7(6)9-3-5/h2-3,13H,4H2,1H3. The molecular formula is C7H8ClNO2PS. The summed E-state index contributed by atoms with van der Waals surface area (Å²) < 4.78 is 10.5. The van der Waals surface area contributed by atoms with Crippen LogP contribution in [0.2, 0.25) is 0 Å². The second kappa shape index (κ2) is 3.28. The first-order valence-corrected chi connectivity index (χ1v) is 7.36. The highest BCUT2D eigenvalue weighted by Gasteiger charge is 2.30. The lowest BCUT2D eigenvalue weighted by Crippen LogP contribution is -2.07. The first-order chi connectivity index (χ1) is 6.07. The topological polar surface area (TPSA) is 31.4 Å². The minimum atomic E-state index is -2.48. The minimum Gasteiger partial charge on any atom is -0.417 e. The molecule has 2 heterocycles. The van der Waals surface area contributed by atoms with E-state index in [1.54, 1.807) is 6.20 Å². The zero-order valence-electron chi connectivity index (χ0n) is 6.90. The van der Waals surface area contributed by atoms with Crippen LogP contribution in [-0.2, 0) is 11.1 Å². The summed E-state index contributed by atoms with van der Waals surface area (Å²) in [5.74, 6) is 0.537. The van der Waals surface area contributed by atoms with Crippen LogP contribution in [0.4, 0.5) is 0 Å². The predicted molar refractivity (Wildman–Crippen MR) is 56.2 cm³/mol. The molecular weight excluding hydrogens is 229 g/mol. The molecule has 0 saturated carbocycles. The maximum Gasteiger partial charge on any atom is 0.299 e. The molecule has 0 spiro atoms. The van der Waals surface area contributed by atoms with Crippen molar-refractivity contribution in [1.29, 1.82) is 0 Å². The molecule has 0 saturated heterocycles. The van der Waals surface area contributed by atoms with Crippen molar-refractivity contribution in [3.05, 3.63) is 23.4 Å². The van der Waals surface area contributed by atoms with Crippen LogP contribution in [0, 0.1) is 6.92 Å². The van der Waals surface area contributed by atoms with E-state index < -0.39 is 6.27 Å². The molecule has 1 aromatic heterocycles. The Kier molecular flexibility index (Phi) is 2.41. The average Bonchev–Trinajstić information content (AvgIpc) is 2.05. The molecule has 0 aromatic carbocycles. The quantitative estimate of drug-likeness (QED) is 0.555. The molecule has 3 nitrogen and oxygen atoms in total. The van der Waals surface area contributed by atoms with Gasteiger partial charge in [0.25, 0.3) is 6.27 Å². The first-order valence-electron chi connectivity index (χ1n) is 3.68. The number of pyridine rings is 1. The van der Waals surface area contributed by atoms with Crippen molar-refractivity contribution in [2.24, 2.45) is 0 Å². The second-order valence-corrected chi connectivity index (χ2v) is 7.76. The maximum absolute atomic E-state index is 5.83. The predicted octanol–water partition coefficient (Wildman–Crippen LogP) is 3.15. The van der Waals surface area contributed by atoms with E-state index in [1.807, 2.05) is 13.0 Å². The van der Waals surface area contributed by atoms with Crippen LogP contribution in [0.25, 0.3) is 0 Å². The SMILES string of the molecule is Cc1cnc2c(c1)CO[P](S)(Cl)O2. The maximum atomic E-state index is 5.83. The third-order valence-corrected chi connectivity index (χ3v) is 3.58. The van der Waals surface area contributed by atoms with Crippen LogP contribution >= 0.6 is 29.8 Å². The number of aromatic nitrogens is 1. The number of hydrogen-bond donors (Lipinski definition) is 1. The van der Waals surface area contributed by atoms with E-state index in [4.69, 9.17) is 20.3 Å². The Balaban J connectivity index is 2.37. The van der Waals surface area contributed by atoms with Gasteiger partial charge >= 0.3 is 0 Å². The summed E-state index contributed by atoms with van der Waals surface area (Å²) in [7, 11) is 0. The molecule has 0 bridgehead atoms. The number of thiol groups is 1. The molecule has 0 fully saturated rings. The smallest absolute Gasteiger partial charge is 0.299 e. The Morgan fingerprint density at radius 1 is 1.69 bits per heavy atom. The van der Waals surface area contributed by atoms with Gasteiger partial charge in [-0.05, 0) is 29.8 Å². The summed E-state index contributed by atoms with van der Waals surface area (Å²) in [6.07, 6.45) is -0.749. The van der Waals surface area contributed by atoms with Crippen molar-refractivity contribution in [3.63, 3.8) is 0 Å². The third kappa shape index (κ3) is 2.08. The lowest BCUT2D eigenvalue weighted by atomic mass is 10.2. The molecule has 1 unspecified atom stereocenters. The summed E-state index contributed by atoms with van der Waals surface area (Å²) in [5.41, 5.74) is 2.00. The number of hydrogen-bond acceptors (Lipinski definition) is 4. The van der Waals surface area contributed by atoms with Crippen LogP contribution in [0.5, 0.6) is 5.88 Å². The van der Waals surface area contributed by atoms with Gasteiger partial charge in [0.2, 0.25) is 5.88 Å². The van der Waals surface area contributed by atoms with Gasteiger partial charge in [0, 0.05) is 11.8 Å². The number of aryl methyl sites for hydroxylation is 1. The van der Waals surface area contributed by atoms with Gasteiger partial charge in [-0.15, -0.1) is 0 Å². The number of nitrogens with zero attached hydrogens (tertiary/aromatic N) is 1. The van der Waals surface area contributed by atoms with E-state index >= 15 is 0 Å². The Labute approximate surface area is 86.9 Å². The molecule has 0 amide bonds. The molecule has 1 aliphatic heterocycles. The van der Waals surface area contributed by atoms with E-state index in [0.29, 0.717) is 12.5 Å². The molecule has 0 N–H and O–H groups in total. The summed E-state index contributed by atoms with van der Waals surface area (Å²) >= 11 is 9.89. The third-order valence-electron chi connectivity index (χ3n) is 1.64. The largest absolute Gasteiger partial charge is 0.417 e. The second-order valence-electron chi connectivity index (χ2n) is 2.79. The van der Waals surface area contributed by atoms with Crippen molar-refractivity contribution in [1.82, 2.24) is 4.98 Å². The lowest BCUT2D eigenvalue weighted by Gasteiger charge is -2.28. The first kappa shape index (κ1) is 9.53. The molecule has 1 aliphatic rings. The van der Waals surface area contributed by atoms with Crippen molar-refractivity contribution < 1.29 is 9.05 Å². The van der Waals surface area contributed by atoms with E-state index in [-0.39, 0.29) is 0 Å². The van der Waals surface area contributed by atoms with Gasteiger partial charge in [-0.1, -0.05) is 12.2 Å². The van der Waals surface area contributed by atoms with Gasteiger partial charge in [-0.2, -0.15) is 0 Å². The van der Waals surface area contributed by atoms with Crippen LogP contribution in [0.3, 0.4) is 0 Å². The van der Waals surface area contributed by atoms with Crippen LogP contribution in [0.15, 0.2) is 12.3 Å². The van der Waals surface area contributed by atoms with Gasteiger partial charge in [0.05, 0.1) is 6.61 Å². The van der Waals surface area contributed by atoms with Crippen molar-refractivity contribution >= 4 is 29.8 Å². The number of rotatable bonds is 0. The van der Waals surface area contributed by atoms with E-state index in [9.17, 15) is 0 Å². The average molecular weight is 237 g/mol. The number of fused-ring (bicyclic) bond motifs is 1.